The van der Waals surface area contributed by atoms with Gasteiger partial charge in [-0.05, 0) is 54.4 Å². The van der Waals surface area contributed by atoms with Crippen LogP contribution in [0.15, 0.2) is 58.4 Å². The van der Waals surface area contributed by atoms with E-state index in [1.165, 1.54) is 36.0 Å². The van der Waals surface area contributed by atoms with Crippen LogP contribution >= 0.6 is 11.8 Å². The molecule has 2 aliphatic rings. The number of rotatable bonds is 5. The number of carboxylic acid groups (broad SMARTS) is 1. The maximum atomic E-state index is 13.3. The van der Waals surface area contributed by atoms with E-state index in [1.807, 2.05) is 0 Å². The van der Waals surface area contributed by atoms with Gasteiger partial charge in [0.15, 0.2) is 5.17 Å². The van der Waals surface area contributed by atoms with E-state index in [2.05, 4.69) is 4.99 Å². The van der Waals surface area contributed by atoms with Crippen LogP contribution in [-0.4, -0.2) is 38.0 Å². The van der Waals surface area contributed by atoms with Crippen molar-refractivity contribution in [1.82, 2.24) is 4.90 Å². The number of hydrogen-bond acceptors (Lipinski definition) is 6. The summed E-state index contributed by atoms with van der Waals surface area (Å²) in [5.74, 6) is -1.22. The molecular formula is C23H21N3O5S. The lowest BCUT2D eigenvalue weighted by molar-refractivity contribution is -0.384. The van der Waals surface area contributed by atoms with Gasteiger partial charge in [-0.1, -0.05) is 37.5 Å². The topological polar surface area (TPSA) is 113 Å². The summed E-state index contributed by atoms with van der Waals surface area (Å²) in [6.45, 7) is 0. The SMILES string of the molecule is O=C(O)c1cccc(N=C2S/C(=C\c3cccc([N+](=O)[O-])c3)C(=O)N2C2CCCCC2)c1. The van der Waals surface area contributed by atoms with Crippen LogP contribution in [0.4, 0.5) is 11.4 Å². The molecule has 1 aliphatic carbocycles. The van der Waals surface area contributed by atoms with Crippen LogP contribution in [0.2, 0.25) is 0 Å². The smallest absolute Gasteiger partial charge is 0.335 e. The summed E-state index contributed by atoms with van der Waals surface area (Å²) in [6, 6.07) is 12.4. The Morgan fingerprint density at radius 2 is 1.91 bits per heavy atom. The number of amides is 1. The average molecular weight is 452 g/mol. The van der Waals surface area contributed by atoms with E-state index < -0.39 is 10.9 Å². The Kier molecular flexibility index (Phi) is 6.36. The Bertz CT molecular complexity index is 1140. The molecule has 1 saturated carbocycles. The van der Waals surface area contributed by atoms with Gasteiger partial charge in [-0.15, -0.1) is 0 Å². The third-order valence-electron chi connectivity index (χ3n) is 5.47. The van der Waals surface area contributed by atoms with Gasteiger partial charge >= 0.3 is 5.97 Å². The lowest BCUT2D eigenvalue weighted by Crippen LogP contribution is -2.40. The van der Waals surface area contributed by atoms with E-state index >= 15 is 0 Å². The predicted octanol–water partition coefficient (Wildman–Crippen LogP) is 5.23. The zero-order chi connectivity index (χ0) is 22.7. The Morgan fingerprint density at radius 1 is 1.16 bits per heavy atom. The number of nitrogens with zero attached hydrogens (tertiary/aromatic N) is 3. The minimum Gasteiger partial charge on any atom is -0.478 e. The molecule has 9 heteroatoms. The second-order valence-corrected chi connectivity index (χ2v) is 8.69. The molecule has 2 aromatic rings. The van der Waals surface area contributed by atoms with Crippen LogP contribution in [0, 0.1) is 10.1 Å². The van der Waals surface area contributed by atoms with Crippen LogP contribution in [0.1, 0.15) is 48.0 Å². The molecule has 1 aliphatic heterocycles. The van der Waals surface area contributed by atoms with E-state index in [0.29, 0.717) is 21.3 Å². The Hall–Kier alpha value is -3.46. The molecule has 4 rings (SSSR count). The van der Waals surface area contributed by atoms with Crippen molar-refractivity contribution in [1.29, 1.82) is 0 Å². The molecular weight excluding hydrogens is 430 g/mol. The fourth-order valence-corrected chi connectivity index (χ4v) is 4.98. The number of nitro groups is 1. The third kappa shape index (κ3) is 4.72. The highest BCUT2D eigenvalue weighted by molar-refractivity contribution is 8.18. The maximum absolute atomic E-state index is 13.3. The summed E-state index contributed by atoms with van der Waals surface area (Å²) >= 11 is 1.21. The Labute approximate surface area is 188 Å². The van der Waals surface area contributed by atoms with Gasteiger partial charge in [0, 0.05) is 18.2 Å². The number of non-ortho nitro benzene ring substituents is 1. The molecule has 0 radical (unpaired) electrons. The fourth-order valence-electron chi connectivity index (χ4n) is 3.92. The number of carbonyl (C=O) groups is 2. The molecule has 1 amide bonds. The third-order valence-corrected chi connectivity index (χ3v) is 6.46. The first-order valence-corrected chi connectivity index (χ1v) is 11.1. The molecule has 1 N–H and O–H groups in total. The zero-order valence-corrected chi connectivity index (χ0v) is 18.0. The molecule has 0 unspecified atom stereocenters. The largest absolute Gasteiger partial charge is 0.478 e. The van der Waals surface area contributed by atoms with E-state index in [-0.39, 0.29) is 23.2 Å². The van der Waals surface area contributed by atoms with Gasteiger partial charge < -0.3 is 5.11 Å². The molecule has 32 heavy (non-hydrogen) atoms. The van der Waals surface area contributed by atoms with E-state index in [4.69, 9.17) is 0 Å². The number of benzene rings is 2. The first kappa shape index (κ1) is 21.8. The zero-order valence-electron chi connectivity index (χ0n) is 17.1. The second kappa shape index (κ2) is 9.35. The van der Waals surface area contributed by atoms with E-state index in [0.717, 1.165) is 32.1 Å². The van der Waals surface area contributed by atoms with Gasteiger partial charge in [0.1, 0.15) is 0 Å². The first-order chi connectivity index (χ1) is 15.4. The number of carboxylic acids is 1. The fraction of sp³-hybridized carbons (Fsp3) is 0.261. The summed E-state index contributed by atoms with van der Waals surface area (Å²) in [4.78, 5) is 42.0. The van der Waals surface area contributed by atoms with Gasteiger partial charge in [-0.3, -0.25) is 19.8 Å². The Balaban J connectivity index is 1.72. The lowest BCUT2D eigenvalue weighted by atomic mass is 9.94. The summed E-state index contributed by atoms with van der Waals surface area (Å²) in [5.41, 5.74) is 1.10. The minimum atomic E-state index is -1.04. The number of aromatic carboxylic acids is 1. The molecule has 164 valence electrons. The molecule has 0 atom stereocenters. The first-order valence-electron chi connectivity index (χ1n) is 10.3. The number of nitro benzene ring substituents is 1. The maximum Gasteiger partial charge on any atom is 0.335 e. The van der Waals surface area contributed by atoms with Gasteiger partial charge in [0.05, 0.1) is 21.1 Å². The van der Waals surface area contributed by atoms with E-state index in [9.17, 15) is 24.8 Å². The summed E-state index contributed by atoms with van der Waals surface area (Å²) in [5, 5.41) is 20.8. The number of amidine groups is 1. The van der Waals surface area contributed by atoms with E-state index in [1.54, 1.807) is 35.2 Å². The quantitative estimate of drug-likeness (QED) is 0.378. The van der Waals surface area contributed by atoms with Crippen LogP contribution in [0.5, 0.6) is 0 Å². The number of hydrogen-bond donors (Lipinski definition) is 1. The van der Waals surface area contributed by atoms with Crippen molar-refractivity contribution in [3.8, 4) is 0 Å². The van der Waals surface area contributed by atoms with Crippen molar-refractivity contribution < 1.29 is 19.6 Å². The second-order valence-electron chi connectivity index (χ2n) is 7.68. The summed E-state index contributed by atoms with van der Waals surface area (Å²) in [6.07, 6.45) is 6.60. The highest BCUT2D eigenvalue weighted by Crippen LogP contribution is 2.38. The lowest BCUT2D eigenvalue weighted by Gasteiger charge is -2.30. The van der Waals surface area contributed by atoms with Gasteiger partial charge in [-0.25, -0.2) is 9.79 Å². The van der Waals surface area contributed by atoms with Crippen molar-refractivity contribution >= 4 is 46.3 Å². The number of carbonyl (C=O) groups excluding carboxylic acids is 1. The van der Waals surface area contributed by atoms with Gasteiger partial charge in [-0.2, -0.15) is 0 Å². The van der Waals surface area contributed by atoms with Crippen molar-refractivity contribution in [3.63, 3.8) is 0 Å². The predicted molar refractivity (Wildman–Crippen MR) is 123 cm³/mol. The normalized spacial score (nSPS) is 19.6. The molecule has 2 fully saturated rings. The van der Waals surface area contributed by atoms with Crippen LogP contribution < -0.4 is 0 Å². The number of aliphatic imine (C=N–C) groups is 1. The highest BCUT2D eigenvalue weighted by atomic mass is 32.2. The van der Waals surface area contributed by atoms with Crippen molar-refractivity contribution in [2.45, 2.75) is 38.1 Å². The van der Waals surface area contributed by atoms with Crippen LogP contribution in [-0.2, 0) is 4.79 Å². The molecule has 0 bridgehead atoms. The molecule has 0 aromatic heterocycles. The van der Waals surface area contributed by atoms with Gasteiger partial charge in [0.2, 0.25) is 0 Å². The molecule has 8 nitrogen and oxygen atoms in total. The average Bonchev–Trinajstić information content (AvgIpc) is 3.09. The van der Waals surface area contributed by atoms with Crippen LogP contribution in [0.25, 0.3) is 6.08 Å². The molecule has 2 aromatic carbocycles. The number of thioether (sulfide) groups is 1. The molecule has 1 heterocycles. The van der Waals surface area contributed by atoms with Crippen LogP contribution in [0.3, 0.4) is 0 Å². The van der Waals surface area contributed by atoms with Crippen molar-refractivity contribution in [3.05, 3.63) is 74.7 Å². The van der Waals surface area contributed by atoms with Crippen molar-refractivity contribution in [2.75, 3.05) is 0 Å². The van der Waals surface area contributed by atoms with Gasteiger partial charge in [0.25, 0.3) is 11.6 Å². The Morgan fingerprint density at radius 3 is 2.62 bits per heavy atom. The summed E-state index contributed by atoms with van der Waals surface area (Å²) in [7, 11) is 0. The monoisotopic (exact) mass is 451 g/mol. The highest BCUT2D eigenvalue weighted by Gasteiger charge is 2.38. The summed E-state index contributed by atoms with van der Waals surface area (Å²) < 4.78 is 0. The standard InChI is InChI=1S/C23H21N3O5S/c27-21-20(13-15-6-4-11-19(12-15)26(30)31)32-23(25(21)18-9-2-1-3-10-18)24-17-8-5-7-16(14-17)22(28)29/h4-8,11-14,18H,1-3,9-10H2,(H,28,29)/b20-13-,24-23?. The molecule has 0 spiro atoms. The molecule has 1 saturated heterocycles. The minimum absolute atomic E-state index is 0.0289. The van der Waals surface area contributed by atoms with Crippen molar-refractivity contribution in [2.24, 2.45) is 4.99 Å².